The lowest BCUT2D eigenvalue weighted by Crippen LogP contribution is -2.03. The molecule has 0 saturated heterocycles. The van der Waals surface area contributed by atoms with Crippen molar-refractivity contribution in [3.8, 4) is 69.4 Å². The molecule has 0 atom stereocenters. The van der Waals surface area contributed by atoms with Crippen LogP contribution in [0.1, 0.15) is 16.7 Å². The SMILES string of the molecule is N#Cc1cc(Cl)c(-c2nc3c(c4nc(-c5c(Cl)cc(C#N)cc5Cl)n(-c5ccc(S(=O)(=O)O)cc5)c4c4nc(-c5c(Cl)cc(C#N)cc5Cl)n(-c5ccc(S(=O)(=O)O)cc5)c34)n2-c2ccc(S(=O)(=O)O)cc2)c(Cl)c1. The van der Waals surface area contributed by atoms with Gasteiger partial charge in [0.1, 0.15) is 50.6 Å². The van der Waals surface area contributed by atoms with Gasteiger partial charge in [0, 0.05) is 17.1 Å². The van der Waals surface area contributed by atoms with Crippen molar-refractivity contribution in [2.24, 2.45) is 0 Å². The summed E-state index contributed by atoms with van der Waals surface area (Å²) in [5, 5.41) is 29.1. The minimum absolute atomic E-state index is 0.0173. The fourth-order valence-electron chi connectivity index (χ4n) is 8.52. The van der Waals surface area contributed by atoms with E-state index in [0.717, 1.165) is 36.4 Å². The molecule has 10 aromatic rings. The molecule has 18 nitrogen and oxygen atoms in total. The van der Waals surface area contributed by atoms with Gasteiger partial charge in [-0.2, -0.15) is 41.0 Å². The molecule has 3 heterocycles. The van der Waals surface area contributed by atoms with Crippen molar-refractivity contribution in [3.63, 3.8) is 0 Å². The van der Waals surface area contributed by atoms with Crippen LogP contribution in [0.5, 0.6) is 0 Å². The van der Waals surface area contributed by atoms with Crippen LogP contribution in [0.15, 0.2) is 124 Å². The fourth-order valence-corrected chi connectivity index (χ4v) is 11.9. The second kappa shape index (κ2) is 18.6. The highest BCUT2D eigenvalue weighted by Crippen LogP contribution is 2.49. The van der Waals surface area contributed by atoms with Gasteiger partial charge in [-0.1, -0.05) is 69.6 Å². The number of nitrogens with zero attached hydrogens (tertiary/aromatic N) is 9. The van der Waals surface area contributed by atoms with Crippen molar-refractivity contribution >= 4 is 133 Å². The van der Waals surface area contributed by atoms with Crippen molar-refractivity contribution in [2.75, 3.05) is 0 Å². The standard InChI is InChI=1S/C48H21Cl6N9O9S3/c49-31-13-22(19-55)14-32(50)37(31)46-58-40-43(61(46)25-1-7-28(8-2-25)73(64,65)66)41-45(63(27-5-11-30(12-6-27)75(70,71)72)47(59-41)38-33(51)15-23(20-56)16-34(38)52)42-44(40)62(26-3-9-29(10-4-26)74(67,68)69)48(60-42)39-35(53)17-24(21-57)18-36(39)54/h1-18H,(H,64,65,66)(H,67,68,69)(H,70,71,72). The molecule has 0 bridgehead atoms. The third kappa shape index (κ3) is 8.80. The summed E-state index contributed by atoms with van der Waals surface area (Å²) in [4.78, 5) is 14.1. The van der Waals surface area contributed by atoms with Gasteiger partial charge < -0.3 is 0 Å². The maximum Gasteiger partial charge on any atom is 0.294 e. The molecule has 0 amide bonds. The average Bonchev–Trinajstić information content (AvgIpc) is 4.05. The number of nitriles is 3. The van der Waals surface area contributed by atoms with Gasteiger partial charge in [0.25, 0.3) is 30.4 Å². The zero-order valence-electron chi connectivity index (χ0n) is 36.7. The predicted molar refractivity (Wildman–Crippen MR) is 280 cm³/mol. The minimum atomic E-state index is -4.77. The van der Waals surface area contributed by atoms with E-state index in [1.54, 1.807) is 0 Å². The number of hydrogen-bond donors (Lipinski definition) is 3. The largest absolute Gasteiger partial charge is 0.294 e. The Bertz CT molecular complexity index is 4090. The second-order valence-electron chi connectivity index (χ2n) is 16.1. The van der Waals surface area contributed by atoms with Gasteiger partial charge in [-0.05, 0) is 109 Å². The van der Waals surface area contributed by atoms with E-state index in [2.05, 4.69) is 0 Å². The first-order valence-corrected chi connectivity index (χ1v) is 27.3. The van der Waals surface area contributed by atoms with E-state index < -0.39 is 45.0 Å². The lowest BCUT2D eigenvalue weighted by Gasteiger charge is -2.14. The number of hydrogen-bond acceptors (Lipinski definition) is 12. The molecule has 3 aromatic heterocycles. The summed E-state index contributed by atoms with van der Waals surface area (Å²) >= 11 is 42.0. The quantitative estimate of drug-likeness (QED) is 0.113. The van der Waals surface area contributed by atoms with Gasteiger partial charge in [-0.25, -0.2) is 15.0 Å². The van der Waals surface area contributed by atoms with E-state index in [4.69, 9.17) is 84.6 Å². The Hall–Kier alpha value is -7.11. The van der Waals surface area contributed by atoms with Gasteiger partial charge >= 0.3 is 0 Å². The lowest BCUT2D eigenvalue weighted by atomic mass is 10.1. The molecule has 0 spiro atoms. The smallest absolute Gasteiger partial charge is 0.290 e. The number of rotatable bonds is 9. The average molecular weight is 1180 g/mol. The highest BCUT2D eigenvalue weighted by molar-refractivity contribution is 7.86. The van der Waals surface area contributed by atoms with Crippen molar-refractivity contribution in [1.82, 2.24) is 28.7 Å². The van der Waals surface area contributed by atoms with Gasteiger partial charge in [-0.15, -0.1) is 0 Å². The van der Waals surface area contributed by atoms with Crippen molar-refractivity contribution in [3.05, 3.63) is 156 Å². The molecule has 0 fully saturated rings. The molecule has 0 aliphatic heterocycles. The number of aromatic nitrogens is 6. The van der Waals surface area contributed by atoms with E-state index in [9.17, 15) is 54.7 Å². The van der Waals surface area contributed by atoms with E-state index in [0.29, 0.717) is 0 Å². The summed E-state index contributed by atoms with van der Waals surface area (Å²) in [5.41, 5.74) is 0.699. The predicted octanol–water partition coefficient (Wildman–Crippen LogP) is 12.0. The van der Waals surface area contributed by atoms with Crippen LogP contribution in [0.25, 0.3) is 84.3 Å². The van der Waals surface area contributed by atoms with Crippen LogP contribution in [-0.2, 0) is 30.4 Å². The molecule has 27 heteroatoms. The van der Waals surface area contributed by atoms with Crippen LogP contribution < -0.4 is 0 Å². The molecule has 0 saturated carbocycles. The number of fused-ring (bicyclic) bond motifs is 6. The van der Waals surface area contributed by atoms with Crippen molar-refractivity contribution in [2.45, 2.75) is 14.7 Å². The lowest BCUT2D eigenvalue weighted by molar-refractivity contribution is 0.481. The third-order valence-electron chi connectivity index (χ3n) is 11.7. The Balaban J connectivity index is 1.54. The van der Waals surface area contributed by atoms with Crippen LogP contribution in [0.2, 0.25) is 30.1 Å². The van der Waals surface area contributed by atoms with Crippen LogP contribution in [-0.4, -0.2) is 67.6 Å². The summed E-state index contributed by atoms with van der Waals surface area (Å²) in [6.07, 6.45) is 0. The zero-order valence-corrected chi connectivity index (χ0v) is 43.7. The topological polar surface area (TPSA) is 288 Å². The summed E-state index contributed by atoms with van der Waals surface area (Å²) in [5.74, 6) is -0.232. The maximum absolute atomic E-state index is 12.4. The minimum Gasteiger partial charge on any atom is -0.290 e. The first-order valence-electron chi connectivity index (χ1n) is 20.7. The molecule has 0 aliphatic carbocycles. The third-order valence-corrected chi connectivity index (χ3v) is 16.1. The van der Waals surface area contributed by atoms with Gasteiger partial charge in [0.2, 0.25) is 0 Å². The van der Waals surface area contributed by atoms with E-state index in [1.165, 1.54) is 86.5 Å². The summed E-state index contributed by atoms with van der Waals surface area (Å²) in [6, 6.07) is 28.5. The van der Waals surface area contributed by atoms with Crippen molar-refractivity contribution in [1.29, 1.82) is 15.8 Å². The number of benzene rings is 7. The summed E-state index contributed by atoms with van der Waals surface area (Å²) in [7, 11) is -14.3. The zero-order chi connectivity index (χ0) is 53.8. The van der Waals surface area contributed by atoms with Crippen LogP contribution >= 0.6 is 69.6 Å². The molecule has 0 unspecified atom stereocenters. The second-order valence-corrected chi connectivity index (χ2v) is 22.8. The molecule has 372 valence electrons. The van der Waals surface area contributed by atoms with Crippen LogP contribution in [0, 0.1) is 34.0 Å². The number of halogens is 6. The summed E-state index contributed by atoms with van der Waals surface area (Å²) in [6.45, 7) is 0. The highest BCUT2D eigenvalue weighted by atomic mass is 35.5. The molecule has 10 rings (SSSR count). The Morgan fingerprint density at radius 3 is 0.747 bits per heavy atom. The van der Waals surface area contributed by atoms with E-state index >= 15 is 0 Å². The fraction of sp³-hybridized carbons (Fsp3) is 0. The molecule has 3 N–H and O–H groups in total. The molecule has 7 aromatic carbocycles. The first-order chi connectivity index (χ1) is 35.4. The molecule has 0 radical (unpaired) electrons. The van der Waals surface area contributed by atoms with Crippen LogP contribution in [0.3, 0.4) is 0 Å². The van der Waals surface area contributed by atoms with E-state index in [-0.39, 0.29) is 131 Å². The molecular weight excluding hydrogens is 1160 g/mol. The molecule has 0 aliphatic rings. The Morgan fingerprint density at radius 2 is 0.573 bits per heavy atom. The summed E-state index contributed by atoms with van der Waals surface area (Å²) < 4.78 is 109. The van der Waals surface area contributed by atoms with E-state index in [1.807, 2.05) is 18.2 Å². The Kier molecular flexibility index (Phi) is 12.8. The van der Waals surface area contributed by atoms with Crippen molar-refractivity contribution < 1.29 is 38.9 Å². The molecular formula is C48H21Cl6N9O9S3. The molecule has 75 heavy (non-hydrogen) atoms. The highest BCUT2D eigenvalue weighted by Gasteiger charge is 2.34. The van der Waals surface area contributed by atoms with Gasteiger partial charge in [0.05, 0.1) is 96.4 Å². The van der Waals surface area contributed by atoms with Crippen LogP contribution in [0.4, 0.5) is 0 Å². The van der Waals surface area contributed by atoms with Gasteiger partial charge in [-0.3, -0.25) is 27.4 Å². The van der Waals surface area contributed by atoms with Gasteiger partial charge in [0.15, 0.2) is 0 Å². The first kappa shape index (κ1) is 51.4. The maximum atomic E-state index is 12.4. The Morgan fingerprint density at radius 1 is 0.373 bits per heavy atom. The Labute approximate surface area is 453 Å². The number of imidazole rings is 3. The normalized spacial score (nSPS) is 12.1. The monoisotopic (exact) mass is 1170 g/mol.